The molecule has 1 amide bonds. The van der Waals surface area contributed by atoms with Gasteiger partial charge in [-0.25, -0.2) is 4.39 Å². The molecule has 110 valence electrons. The van der Waals surface area contributed by atoms with E-state index in [0.717, 1.165) is 31.7 Å². The van der Waals surface area contributed by atoms with Crippen molar-refractivity contribution in [3.8, 4) is 5.75 Å². The summed E-state index contributed by atoms with van der Waals surface area (Å²) >= 11 is 0. The van der Waals surface area contributed by atoms with Crippen molar-refractivity contribution < 1.29 is 14.3 Å². The van der Waals surface area contributed by atoms with Gasteiger partial charge in [-0.2, -0.15) is 0 Å². The minimum absolute atomic E-state index is 0.0583. The predicted octanol–water partition coefficient (Wildman–Crippen LogP) is 2.17. The minimum Gasteiger partial charge on any atom is -0.508 e. The highest BCUT2D eigenvalue weighted by atomic mass is 19.1. The Kier molecular flexibility index (Phi) is 4.95. The van der Waals surface area contributed by atoms with E-state index in [2.05, 4.69) is 5.32 Å². The van der Waals surface area contributed by atoms with Crippen LogP contribution in [0.25, 0.3) is 0 Å². The number of halogens is 1. The van der Waals surface area contributed by atoms with Gasteiger partial charge in [0.25, 0.3) is 5.91 Å². The van der Waals surface area contributed by atoms with E-state index in [-0.39, 0.29) is 17.4 Å². The van der Waals surface area contributed by atoms with Crippen LogP contribution in [0.5, 0.6) is 5.75 Å². The molecule has 0 saturated heterocycles. The van der Waals surface area contributed by atoms with Crippen LogP contribution < -0.4 is 11.1 Å². The van der Waals surface area contributed by atoms with E-state index in [1.54, 1.807) is 0 Å². The number of rotatable bonds is 4. The van der Waals surface area contributed by atoms with Crippen LogP contribution in [0.3, 0.4) is 0 Å². The van der Waals surface area contributed by atoms with Gasteiger partial charge in [-0.1, -0.05) is 19.3 Å². The number of amides is 1. The van der Waals surface area contributed by atoms with Gasteiger partial charge in [0.15, 0.2) is 0 Å². The van der Waals surface area contributed by atoms with Crippen LogP contribution in [0.1, 0.15) is 42.5 Å². The van der Waals surface area contributed by atoms with Gasteiger partial charge in [-0.15, -0.1) is 0 Å². The summed E-state index contributed by atoms with van der Waals surface area (Å²) in [6.45, 7) is 0.357. The second-order valence-corrected chi connectivity index (χ2v) is 5.38. The van der Waals surface area contributed by atoms with Gasteiger partial charge in [-0.05, 0) is 30.9 Å². The van der Waals surface area contributed by atoms with Gasteiger partial charge in [-0.3, -0.25) is 4.79 Å². The molecule has 1 aliphatic carbocycles. The molecule has 1 saturated carbocycles. The van der Waals surface area contributed by atoms with E-state index in [9.17, 15) is 9.18 Å². The van der Waals surface area contributed by atoms with Crippen molar-refractivity contribution in [2.45, 2.75) is 38.1 Å². The largest absolute Gasteiger partial charge is 0.508 e. The van der Waals surface area contributed by atoms with E-state index >= 15 is 0 Å². The fourth-order valence-electron chi connectivity index (χ4n) is 2.84. The van der Waals surface area contributed by atoms with Crippen LogP contribution in [-0.4, -0.2) is 23.6 Å². The molecular formula is C15H21FN2O2. The number of nitrogens with one attached hydrogen (secondary N) is 1. The molecule has 1 atom stereocenters. The Morgan fingerprint density at radius 1 is 1.40 bits per heavy atom. The number of benzene rings is 1. The van der Waals surface area contributed by atoms with Gasteiger partial charge >= 0.3 is 0 Å². The summed E-state index contributed by atoms with van der Waals surface area (Å²) in [5, 5.41) is 12.0. The molecule has 1 unspecified atom stereocenters. The quantitative estimate of drug-likeness (QED) is 0.791. The fraction of sp³-hybridized carbons (Fsp3) is 0.533. The predicted molar refractivity (Wildman–Crippen MR) is 74.9 cm³/mol. The van der Waals surface area contributed by atoms with Crippen LogP contribution in [0.4, 0.5) is 4.39 Å². The minimum atomic E-state index is -0.720. The van der Waals surface area contributed by atoms with E-state index in [1.165, 1.54) is 18.6 Å². The zero-order chi connectivity index (χ0) is 14.5. The highest BCUT2D eigenvalue weighted by Gasteiger charge is 2.25. The smallest absolute Gasteiger partial charge is 0.254 e. The standard InChI is InChI=1S/C15H21FN2O2/c16-13-8-11(19)6-7-12(13)15(20)18-14(9-17)10-4-2-1-3-5-10/h6-8,10,14,19H,1-5,9,17H2,(H,18,20). The molecular weight excluding hydrogens is 259 g/mol. The number of hydrogen-bond acceptors (Lipinski definition) is 3. The van der Waals surface area contributed by atoms with Crippen LogP contribution in [0, 0.1) is 11.7 Å². The molecule has 1 aromatic carbocycles. The van der Waals surface area contributed by atoms with Gasteiger partial charge < -0.3 is 16.2 Å². The normalized spacial score (nSPS) is 17.7. The summed E-state index contributed by atoms with van der Waals surface area (Å²) < 4.78 is 13.6. The molecule has 1 aromatic rings. The molecule has 4 nitrogen and oxygen atoms in total. The maximum Gasteiger partial charge on any atom is 0.254 e. The van der Waals surface area contributed by atoms with Crippen molar-refractivity contribution in [3.63, 3.8) is 0 Å². The molecule has 0 aliphatic heterocycles. The van der Waals surface area contributed by atoms with Crippen LogP contribution in [-0.2, 0) is 0 Å². The average molecular weight is 280 g/mol. The lowest BCUT2D eigenvalue weighted by molar-refractivity contribution is 0.0911. The molecule has 20 heavy (non-hydrogen) atoms. The zero-order valence-corrected chi connectivity index (χ0v) is 11.4. The second kappa shape index (κ2) is 6.70. The Morgan fingerprint density at radius 3 is 2.70 bits per heavy atom. The SMILES string of the molecule is NCC(NC(=O)c1ccc(O)cc1F)C1CCCCC1. The van der Waals surface area contributed by atoms with Crippen molar-refractivity contribution >= 4 is 5.91 Å². The molecule has 2 rings (SSSR count). The Morgan fingerprint density at radius 2 is 2.10 bits per heavy atom. The van der Waals surface area contributed by atoms with E-state index < -0.39 is 11.7 Å². The van der Waals surface area contributed by atoms with Crippen LogP contribution in [0.2, 0.25) is 0 Å². The first-order valence-corrected chi connectivity index (χ1v) is 7.11. The maximum atomic E-state index is 13.6. The number of hydrogen-bond donors (Lipinski definition) is 3. The monoisotopic (exact) mass is 280 g/mol. The van der Waals surface area contributed by atoms with Crippen molar-refractivity contribution in [2.75, 3.05) is 6.54 Å². The summed E-state index contributed by atoms with van der Waals surface area (Å²) in [6.07, 6.45) is 5.66. The lowest BCUT2D eigenvalue weighted by atomic mass is 9.84. The maximum absolute atomic E-state index is 13.6. The van der Waals surface area contributed by atoms with Gasteiger partial charge in [0, 0.05) is 18.7 Å². The fourth-order valence-corrected chi connectivity index (χ4v) is 2.84. The molecule has 1 fully saturated rings. The van der Waals surface area contributed by atoms with Crippen LogP contribution in [0.15, 0.2) is 18.2 Å². The van der Waals surface area contributed by atoms with Crippen molar-refractivity contribution in [2.24, 2.45) is 11.7 Å². The first-order chi connectivity index (χ1) is 9.61. The van der Waals surface area contributed by atoms with E-state index in [1.807, 2.05) is 0 Å². The zero-order valence-electron chi connectivity index (χ0n) is 11.4. The highest BCUT2D eigenvalue weighted by molar-refractivity contribution is 5.94. The lowest BCUT2D eigenvalue weighted by Gasteiger charge is -2.30. The third-order valence-electron chi connectivity index (χ3n) is 3.99. The number of aromatic hydroxyl groups is 1. The first-order valence-electron chi connectivity index (χ1n) is 7.11. The summed E-state index contributed by atoms with van der Waals surface area (Å²) in [6, 6.07) is 3.41. The van der Waals surface area contributed by atoms with Crippen molar-refractivity contribution in [1.82, 2.24) is 5.32 Å². The topological polar surface area (TPSA) is 75.3 Å². The molecule has 0 aromatic heterocycles. The Hall–Kier alpha value is -1.62. The molecule has 0 bridgehead atoms. The number of phenolic OH excluding ortho intramolecular Hbond substituents is 1. The van der Waals surface area contributed by atoms with Gasteiger partial charge in [0.2, 0.25) is 0 Å². The molecule has 0 spiro atoms. The van der Waals surface area contributed by atoms with Gasteiger partial charge in [0.1, 0.15) is 11.6 Å². The van der Waals surface area contributed by atoms with Gasteiger partial charge in [0.05, 0.1) is 5.56 Å². The number of nitrogens with two attached hydrogens (primary N) is 1. The number of carbonyl (C=O) groups excluding carboxylic acids is 1. The highest BCUT2D eigenvalue weighted by Crippen LogP contribution is 2.26. The molecule has 1 aliphatic rings. The number of carbonyl (C=O) groups is 1. The summed E-state index contributed by atoms with van der Waals surface area (Å²) in [7, 11) is 0. The summed E-state index contributed by atoms with van der Waals surface area (Å²) in [5.41, 5.74) is 5.69. The third-order valence-corrected chi connectivity index (χ3v) is 3.99. The lowest BCUT2D eigenvalue weighted by Crippen LogP contribution is -2.46. The molecule has 5 heteroatoms. The molecule has 0 heterocycles. The Balaban J connectivity index is 2.04. The summed E-state index contributed by atoms with van der Waals surface area (Å²) in [4.78, 5) is 12.1. The molecule has 0 radical (unpaired) electrons. The third kappa shape index (κ3) is 3.48. The van der Waals surface area contributed by atoms with Crippen LogP contribution >= 0.6 is 0 Å². The Bertz CT molecular complexity index is 473. The average Bonchev–Trinajstić information content (AvgIpc) is 2.45. The molecule has 4 N–H and O–H groups in total. The van der Waals surface area contributed by atoms with Crippen molar-refractivity contribution in [1.29, 1.82) is 0 Å². The first kappa shape index (κ1) is 14.8. The Labute approximate surface area is 118 Å². The van der Waals surface area contributed by atoms with E-state index in [4.69, 9.17) is 10.8 Å². The van der Waals surface area contributed by atoms with Crippen molar-refractivity contribution in [3.05, 3.63) is 29.6 Å². The second-order valence-electron chi connectivity index (χ2n) is 5.38. The summed E-state index contributed by atoms with van der Waals surface area (Å²) in [5.74, 6) is -1.01. The van der Waals surface area contributed by atoms with E-state index in [0.29, 0.717) is 12.5 Å². The number of phenols is 1.